The summed E-state index contributed by atoms with van der Waals surface area (Å²) in [5.41, 5.74) is 5.62. The van der Waals surface area contributed by atoms with Gasteiger partial charge in [-0.1, -0.05) is 74.9 Å². The van der Waals surface area contributed by atoms with Crippen molar-refractivity contribution in [2.75, 3.05) is 0 Å². The molecule has 0 saturated carbocycles. The second-order valence-electron chi connectivity index (χ2n) is 6.54. The molecule has 0 fully saturated rings. The smallest absolute Gasteiger partial charge is 0.0208 e. The number of rotatable bonds is 4. The van der Waals surface area contributed by atoms with E-state index in [1.54, 1.807) is 0 Å². The summed E-state index contributed by atoms with van der Waals surface area (Å²) in [6.45, 7) is 10.7. The Hall–Kier alpha value is -1.60. The summed E-state index contributed by atoms with van der Waals surface area (Å²) < 4.78 is 0. The van der Waals surface area contributed by atoms with Crippen LogP contribution in [0.1, 0.15) is 43.0 Å². The van der Waals surface area contributed by atoms with Crippen LogP contribution >= 0.6 is 0 Å². The second-order valence-corrected chi connectivity index (χ2v) is 6.54. The Morgan fingerprint density at radius 3 is 2.10 bits per heavy atom. The molecule has 0 aliphatic heterocycles. The Morgan fingerprint density at radius 1 is 0.850 bits per heavy atom. The van der Waals surface area contributed by atoms with E-state index >= 15 is 0 Å². The van der Waals surface area contributed by atoms with E-state index in [4.69, 9.17) is 0 Å². The van der Waals surface area contributed by atoms with Crippen molar-refractivity contribution in [3.63, 3.8) is 0 Å². The number of nitrogens with one attached hydrogen (secondary N) is 1. The van der Waals surface area contributed by atoms with Gasteiger partial charge in [0.2, 0.25) is 0 Å². The molecule has 0 unspecified atom stereocenters. The van der Waals surface area contributed by atoms with E-state index in [9.17, 15) is 0 Å². The third-order valence-electron chi connectivity index (χ3n) is 3.56. The van der Waals surface area contributed by atoms with Gasteiger partial charge in [0.15, 0.2) is 0 Å². The average molecular weight is 267 g/mol. The molecule has 2 rings (SSSR count). The van der Waals surface area contributed by atoms with E-state index < -0.39 is 0 Å². The summed E-state index contributed by atoms with van der Waals surface area (Å²) in [6.07, 6.45) is 0. The van der Waals surface area contributed by atoms with Crippen LogP contribution in [-0.4, -0.2) is 0 Å². The van der Waals surface area contributed by atoms with Crippen LogP contribution in [0.5, 0.6) is 0 Å². The number of aryl methyl sites for hydroxylation is 1. The van der Waals surface area contributed by atoms with Crippen LogP contribution in [0.3, 0.4) is 0 Å². The highest BCUT2D eigenvalue weighted by Crippen LogP contribution is 2.22. The fraction of sp³-hybridized carbons (Fsp3) is 0.368. The molecule has 0 aromatic heterocycles. The maximum Gasteiger partial charge on any atom is 0.0208 e. The molecular weight excluding hydrogens is 242 g/mol. The normalized spacial score (nSPS) is 11.6. The maximum atomic E-state index is 3.50. The minimum atomic E-state index is 0.230. The topological polar surface area (TPSA) is 12.0 Å². The fourth-order valence-corrected chi connectivity index (χ4v) is 2.30. The van der Waals surface area contributed by atoms with Crippen molar-refractivity contribution < 1.29 is 0 Å². The molecule has 0 heterocycles. The Kier molecular flexibility index (Phi) is 4.61. The Balaban J connectivity index is 1.88. The van der Waals surface area contributed by atoms with Crippen LogP contribution in [0.2, 0.25) is 0 Å². The van der Waals surface area contributed by atoms with Gasteiger partial charge in [-0.05, 0) is 29.0 Å². The molecular formula is C19H25N. The second kappa shape index (κ2) is 6.23. The van der Waals surface area contributed by atoms with Crippen molar-refractivity contribution in [2.24, 2.45) is 0 Å². The molecule has 0 aliphatic rings. The first-order valence-corrected chi connectivity index (χ1v) is 7.31. The monoisotopic (exact) mass is 267 g/mol. The lowest BCUT2D eigenvalue weighted by molar-refractivity contribution is 0.589. The van der Waals surface area contributed by atoms with Gasteiger partial charge in [0.25, 0.3) is 0 Å². The van der Waals surface area contributed by atoms with Crippen LogP contribution in [-0.2, 0) is 18.5 Å². The van der Waals surface area contributed by atoms with Crippen molar-refractivity contribution in [1.29, 1.82) is 0 Å². The zero-order valence-electron chi connectivity index (χ0n) is 13.0. The van der Waals surface area contributed by atoms with E-state index in [1.165, 1.54) is 22.3 Å². The van der Waals surface area contributed by atoms with E-state index in [2.05, 4.69) is 81.5 Å². The molecule has 2 aromatic rings. The largest absolute Gasteiger partial charge is 0.309 e. The van der Waals surface area contributed by atoms with E-state index in [-0.39, 0.29) is 5.41 Å². The van der Waals surface area contributed by atoms with Crippen LogP contribution < -0.4 is 5.32 Å². The van der Waals surface area contributed by atoms with E-state index in [1.807, 2.05) is 0 Å². The molecule has 1 N–H and O–H groups in total. The first kappa shape index (κ1) is 14.8. The molecule has 106 valence electrons. The van der Waals surface area contributed by atoms with Gasteiger partial charge in [-0.25, -0.2) is 0 Å². The van der Waals surface area contributed by atoms with Crippen molar-refractivity contribution in [3.8, 4) is 0 Å². The van der Waals surface area contributed by atoms with Gasteiger partial charge in [-0.3, -0.25) is 0 Å². The number of hydrogen-bond donors (Lipinski definition) is 1. The van der Waals surface area contributed by atoms with Crippen molar-refractivity contribution in [2.45, 2.75) is 46.2 Å². The highest BCUT2D eigenvalue weighted by Gasteiger charge is 2.12. The Bertz CT molecular complexity index is 547. The quantitative estimate of drug-likeness (QED) is 0.855. The molecule has 2 aromatic carbocycles. The molecule has 0 bridgehead atoms. The molecule has 1 nitrogen and oxygen atoms in total. The lowest BCUT2D eigenvalue weighted by Crippen LogP contribution is -2.14. The van der Waals surface area contributed by atoms with Crippen molar-refractivity contribution in [1.82, 2.24) is 5.32 Å². The fourth-order valence-electron chi connectivity index (χ4n) is 2.30. The minimum absolute atomic E-state index is 0.230. The number of benzene rings is 2. The predicted molar refractivity (Wildman–Crippen MR) is 86.9 cm³/mol. The number of hydrogen-bond acceptors (Lipinski definition) is 1. The van der Waals surface area contributed by atoms with Crippen LogP contribution in [0.15, 0.2) is 48.5 Å². The van der Waals surface area contributed by atoms with Crippen LogP contribution in [0, 0.1) is 6.92 Å². The maximum absolute atomic E-state index is 3.50. The van der Waals surface area contributed by atoms with E-state index in [0.29, 0.717) is 0 Å². The van der Waals surface area contributed by atoms with Gasteiger partial charge in [-0.15, -0.1) is 0 Å². The SMILES string of the molecule is Cc1cccc(CNCc2ccc(C(C)(C)C)cc2)c1. The average Bonchev–Trinajstić information content (AvgIpc) is 2.38. The molecule has 0 saturated heterocycles. The Labute approximate surface area is 123 Å². The summed E-state index contributed by atoms with van der Waals surface area (Å²) in [7, 11) is 0. The summed E-state index contributed by atoms with van der Waals surface area (Å²) in [4.78, 5) is 0. The van der Waals surface area contributed by atoms with Gasteiger partial charge >= 0.3 is 0 Å². The summed E-state index contributed by atoms with van der Waals surface area (Å²) in [6, 6.07) is 17.6. The third kappa shape index (κ3) is 4.21. The molecule has 0 aliphatic carbocycles. The summed E-state index contributed by atoms with van der Waals surface area (Å²) in [5.74, 6) is 0. The Morgan fingerprint density at radius 2 is 1.50 bits per heavy atom. The van der Waals surface area contributed by atoms with Crippen LogP contribution in [0.4, 0.5) is 0 Å². The van der Waals surface area contributed by atoms with Crippen molar-refractivity contribution in [3.05, 3.63) is 70.8 Å². The molecule has 0 radical (unpaired) electrons. The standard InChI is InChI=1S/C19H25N/c1-15-6-5-7-17(12-15)14-20-13-16-8-10-18(11-9-16)19(2,3)4/h5-12,20H,13-14H2,1-4H3. The minimum Gasteiger partial charge on any atom is -0.309 e. The van der Waals surface area contributed by atoms with Gasteiger partial charge in [0.05, 0.1) is 0 Å². The van der Waals surface area contributed by atoms with Gasteiger partial charge < -0.3 is 5.32 Å². The molecule has 0 spiro atoms. The lowest BCUT2D eigenvalue weighted by Gasteiger charge is -2.19. The van der Waals surface area contributed by atoms with Crippen molar-refractivity contribution >= 4 is 0 Å². The molecule has 0 atom stereocenters. The first-order valence-electron chi connectivity index (χ1n) is 7.31. The predicted octanol–water partition coefficient (Wildman–Crippen LogP) is 4.58. The lowest BCUT2D eigenvalue weighted by atomic mass is 9.87. The highest BCUT2D eigenvalue weighted by molar-refractivity contribution is 5.27. The summed E-state index contributed by atoms with van der Waals surface area (Å²) in [5, 5.41) is 3.50. The van der Waals surface area contributed by atoms with Crippen LogP contribution in [0.25, 0.3) is 0 Å². The summed E-state index contributed by atoms with van der Waals surface area (Å²) >= 11 is 0. The van der Waals surface area contributed by atoms with Gasteiger partial charge in [-0.2, -0.15) is 0 Å². The molecule has 20 heavy (non-hydrogen) atoms. The zero-order valence-corrected chi connectivity index (χ0v) is 13.0. The zero-order chi connectivity index (χ0) is 14.6. The van der Waals surface area contributed by atoms with Gasteiger partial charge in [0.1, 0.15) is 0 Å². The molecule has 0 amide bonds. The van der Waals surface area contributed by atoms with E-state index in [0.717, 1.165) is 13.1 Å². The highest BCUT2D eigenvalue weighted by atomic mass is 14.8. The third-order valence-corrected chi connectivity index (χ3v) is 3.56. The van der Waals surface area contributed by atoms with Gasteiger partial charge in [0, 0.05) is 13.1 Å². The first-order chi connectivity index (χ1) is 9.45. The molecule has 1 heteroatoms.